The van der Waals surface area contributed by atoms with Gasteiger partial charge in [-0.2, -0.15) is 36.7 Å². The van der Waals surface area contributed by atoms with Crippen LogP contribution in [-0.4, -0.2) is 35.4 Å². The van der Waals surface area contributed by atoms with Gasteiger partial charge in [0.25, 0.3) is 5.91 Å². The van der Waals surface area contributed by atoms with Crippen LogP contribution in [0.3, 0.4) is 0 Å². The van der Waals surface area contributed by atoms with Gasteiger partial charge in [0.2, 0.25) is 0 Å². The summed E-state index contributed by atoms with van der Waals surface area (Å²) in [5.41, 5.74) is -5.07. The molecule has 26 heavy (non-hydrogen) atoms. The number of amides is 1. The lowest BCUT2D eigenvalue weighted by molar-refractivity contribution is -0.137. The largest absolute Gasteiger partial charge is 0.431 e. The number of halogens is 6. The maximum absolute atomic E-state index is 13.0. The van der Waals surface area contributed by atoms with Gasteiger partial charge < -0.3 is 5.32 Å². The number of carbonyl (C=O) groups excluding carboxylic acids is 1. The van der Waals surface area contributed by atoms with Crippen LogP contribution in [0.15, 0.2) is 23.3 Å². The number of carbonyl (C=O) groups is 1. The Morgan fingerprint density at radius 2 is 1.88 bits per heavy atom. The van der Waals surface area contributed by atoms with Gasteiger partial charge in [0, 0.05) is 19.2 Å². The summed E-state index contributed by atoms with van der Waals surface area (Å²) in [6.07, 6.45) is -10.3. The first kappa shape index (κ1) is 19.6. The molecule has 5 nitrogen and oxygen atoms in total. The van der Waals surface area contributed by atoms with E-state index in [0.717, 1.165) is 24.2 Å². The average Bonchev–Trinajstić information content (AvgIpc) is 2.83. The van der Waals surface area contributed by atoms with Crippen LogP contribution in [0.1, 0.15) is 24.5 Å². The van der Waals surface area contributed by atoms with Crippen molar-refractivity contribution in [1.29, 1.82) is 5.26 Å². The highest BCUT2D eigenvalue weighted by atomic mass is 19.4. The molecule has 0 spiro atoms. The highest BCUT2D eigenvalue weighted by Crippen LogP contribution is 2.36. The molecule has 1 amide bonds. The first-order chi connectivity index (χ1) is 11.8. The molecule has 2 rings (SSSR count). The molecule has 0 radical (unpaired) electrons. The fraction of sp³-hybridized carbons (Fsp3) is 0.400. The van der Waals surface area contributed by atoms with Gasteiger partial charge in [-0.3, -0.25) is 9.80 Å². The lowest BCUT2D eigenvalue weighted by atomic mass is 9.94. The predicted molar refractivity (Wildman–Crippen MR) is 79.1 cm³/mol. The van der Waals surface area contributed by atoms with E-state index in [1.807, 2.05) is 0 Å². The number of alkyl halides is 6. The summed E-state index contributed by atoms with van der Waals surface area (Å²) >= 11 is 0. The topological polar surface area (TPSA) is 68.5 Å². The first-order valence-electron chi connectivity index (χ1n) is 7.10. The SMILES string of the molecule is CN1N=C(C(F)(F)F)CC1(C)C(=O)Nc1ccc(C#N)c(C(F)(F)F)c1. The standard InChI is InChI=1S/C15H12F6N4O/c1-13(6-11(15(19,20)21)24-25(13)2)12(26)23-9-4-3-8(7-22)10(5-9)14(16,17)18/h3-5H,6H2,1-2H3,(H,23,26). The molecule has 1 N–H and O–H groups in total. The molecule has 1 aliphatic heterocycles. The van der Waals surface area contributed by atoms with Crippen LogP contribution < -0.4 is 5.32 Å². The Hall–Kier alpha value is -2.77. The number of hydrazone groups is 1. The minimum Gasteiger partial charge on any atom is -0.324 e. The Morgan fingerprint density at radius 1 is 1.27 bits per heavy atom. The van der Waals surface area contributed by atoms with Gasteiger partial charge in [-0.1, -0.05) is 0 Å². The van der Waals surface area contributed by atoms with Gasteiger partial charge in [-0.25, -0.2) is 0 Å². The number of likely N-dealkylation sites (N-methyl/N-ethyl adjacent to an activating group) is 1. The molecule has 1 aliphatic rings. The molecule has 0 bridgehead atoms. The highest BCUT2D eigenvalue weighted by molar-refractivity contribution is 6.04. The van der Waals surface area contributed by atoms with E-state index in [0.29, 0.717) is 6.07 Å². The molecule has 0 saturated carbocycles. The van der Waals surface area contributed by atoms with Crippen LogP contribution in [-0.2, 0) is 11.0 Å². The molecule has 1 atom stereocenters. The molecule has 11 heteroatoms. The monoisotopic (exact) mass is 378 g/mol. The van der Waals surface area contributed by atoms with Crippen LogP contribution in [0, 0.1) is 11.3 Å². The highest BCUT2D eigenvalue weighted by Gasteiger charge is 2.51. The normalized spacial score (nSPS) is 20.6. The summed E-state index contributed by atoms with van der Waals surface area (Å²) in [4.78, 5) is 12.4. The number of nitrogens with zero attached hydrogens (tertiary/aromatic N) is 3. The quantitative estimate of drug-likeness (QED) is 0.801. The number of nitrogens with one attached hydrogen (secondary N) is 1. The second-order valence-corrected chi connectivity index (χ2v) is 5.84. The van der Waals surface area contributed by atoms with Crippen molar-refractivity contribution in [3.63, 3.8) is 0 Å². The second-order valence-electron chi connectivity index (χ2n) is 5.84. The van der Waals surface area contributed by atoms with Crippen LogP contribution in [0.2, 0.25) is 0 Å². The molecule has 0 saturated heterocycles. The average molecular weight is 378 g/mol. The number of hydrogen-bond donors (Lipinski definition) is 1. The minimum absolute atomic E-state index is 0.295. The smallest absolute Gasteiger partial charge is 0.324 e. The summed E-state index contributed by atoms with van der Waals surface area (Å²) in [6.45, 7) is 1.19. The fourth-order valence-corrected chi connectivity index (χ4v) is 2.37. The molecule has 1 aromatic carbocycles. The lowest BCUT2D eigenvalue weighted by Gasteiger charge is -2.30. The van der Waals surface area contributed by atoms with Crippen molar-refractivity contribution >= 4 is 17.3 Å². The number of benzene rings is 1. The van der Waals surface area contributed by atoms with E-state index >= 15 is 0 Å². The van der Waals surface area contributed by atoms with Crippen LogP contribution >= 0.6 is 0 Å². The van der Waals surface area contributed by atoms with Crippen LogP contribution in [0.4, 0.5) is 32.0 Å². The van der Waals surface area contributed by atoms with E-state index < -0.39 is 47.1 Å². The molecular formula is C15H12F6N4O. The number of nitriles is 1. The van der Waals surface area contributed by atoms with Crippen molar-refractivity contribution in [3.05, 3.63) is 29.3 Å². The molecule has 1 unspecified atom stereocenters. The minimum atomic E-state index is -4.83. The third kappa shape index (κ3) is 3.58. The zero-order valence-corrected chi connectivity index (χ0v) is 13.5. The van der Waals surface area contributed by atoms with E-state index in [1.54, 1.807) is 0 Å². The van der Waals surface area contributed by atoms with Gasteiger partial charge in [0.05, 0.1) is 17.2 Å². The summed E-state index contributed by atoms with van der Waals surface area (Å²) in [5, 5.41) is 15.0. The third-order valence-electron chi connectivity index (χ3n) is 4.02. The number of anilines is 1. The first-order valence-corrected chi connectivity index (χ1v) is 7.10. The zero-order valence-electron chi connectivity index (χ0n) is 13.5. The molecule has 0 aromatic heterocycles. The van der Waals surface area contributed by atoms with Gasteiger partial charge in [0.15, 0.2) is 0 Å². The van der Waals surface area contributed by atoms with Gasteiger partial charge in [-0.05, 0) is 25.1 Å². The molecule has 140 valence electrons. The van der Waals surface area contributed by atoms with Gasteiger partial charge in [0.1, 0.15) is 11.3 Å². The summed E-state index contributed by atoms with van der Waals surface area (Å²) < 4.78 is 77.2. The van der Waals surface area contributed by atoms with Crippen molar-refractivity contribution < 1.29 is 31.1 Å². The van der Waals surface area contributed by atoms with Crippen LogP contribution in [0.25, 0.3) is 0 Å². The second kappa shape index (κ2) is 6.19. The van der Waals surface area contributed by atoms with E-state index in [-0.39, 0.29) is 5.69 Å². The zero-order chi connectivity index (χ0) is 19.9. The summed E-state index contributed by atoms with van der Waals surface area (Å²) in [6, 6.07) is 3.88. The Morgan fingerprint density at radius 3 is 2.35 bits per heavy atom. The maximum Gasteiger partial charge on any atom is 0.431 e. The summed E-state index contributed by atoms with van der Waals surface area (Å²) in [5.74, 6) is -0.958. The molecule has 1 aromatic rings. The maximum atomic E-state index is 13.0. The van der Waals surface area contributed by atoms with E-state index in [4.69, 9.17) is 5.26 Å². The van der Waals surface area contributed by atoms with Crippen molar-refractivity contribution in [3.8, 4) is 6.07 Å². The van der Waals surface area contributed by atoms with Crippen molar-refractivity contribution in [2.45, 2.75) is 31.2 Å². The van der Waals surface area contributed by atoms with Crippen molar-refractivity contribution in [1.82, 2.24) is 5.01 Å². The third-order valence-corrected chi connectivity index (χ3v) is 4.02. The van der Waals surface area contributed by atoms with Crippen LogP contribution in [0.5, 0.6) is 0 Å². The Balaban J connectivity index is 2.28. The number of hydrogen-bond acceptors (Lipinski definition) is 4. The Labute approximate surface area is 143 Å². The van der Waals surface area contributed by atoms with Crippen molar-refractivity contribution in [2.24, 2.45) is 5.10 Å². The van der Waals surface area contributed by atoms with Gasteiger partial charge >= 0.3 is 12.4 Å². The molecular weight excluding hydrogens is 366 g/mol. The fourth-order valence-electron chi connectivity index (χ4n) is 2.37. The molecule has 0 aliphatic carbocycles. The number of rotatable bonds is 2. The lowest BCUT2D eigenvalue weighted by Crippen LogP contribution is -2.49. The Bertz CT molecular complexity index is 808. The van der Waals surface area contributed by atoms with E-state index in [2.05, 4.69) is 10.4 Å². The van der Waals surface area contributed by atoms with E-state index in [9.17, 15) is 31.1 Å². The van der Waals surface area contributed by atoms with Crippen molar-refractivity contribution in [2.75, 3.05) is 12.4 Å². The Kier molecular flexibility index (Phi) is 4.66. The van der Waals surface area contributed by atoms with E-state index in [1.165, 1.54) is 13.0 Å². The molecule has 1 heterocycles. The molecule has 0 fully saturated rings. The predicted octanol–water partition coefficient (Wildman–Crippen LogP) is 3.53. The summed E-state index contributed by atoms with van der Waals surface area (Å²) in [7, 11) is 1.16. The van der Waals surface area contributed by atoms with Gasteiger partial charge in [-0.15, -0.1) is 0 Å².